The molecule has 1 aliphatic heterocycles. The van der Waals surface area contributed by atoms with Crippen molar-refractivity contribution in [3.8, 4) is 5.75 Å². The fourth-order valence-electron chi connectivity index (χ4n) is 3.30. The van der Waals surface area contributed by atoms with Gasteiger partial charge in [-0.2, -0.15) is 0 Å². The number of ketones is 1. The lowest BCUT2D eigenvalue weighted by atomic mass is 9.89. The normalized spacial score (nSPS) is 16.9. The van der Waals surface area contributed by atoms with E-state index in [9.17, 15) is 14.3 Å². The zero-order chi connectivity index (χ0) is 19.2. The van der Waals surface area contributed by atoms with Gasteiger partial charge in [0.25, 0.3) is 0 Å². The predicted molar refractivity (Wildman–Crippen MR) is 103 cm³/mol. The standard InChI is InChI=1S/C21H23ClFNO3/c22-17-3-7-20(8-4-17)27-14-19(25)13-24-11-9-16(10-12-24)21(26)15-1-5-18(23)6-2-15/h1-8,16,19,25H,9-14H2. The Bertz CT molecular complexity index is 743. The van der Waals surface area contributed by atoms with Crippen LogP contribution in [0.15, 0.2) is 48.5 Å². The zero-order valence-corrected chi connectivity index (χ0v) is 15.7. The van der Waals surface area contributed by atoms with Crippen LogP contribution in [0.25, 0.3) is 0 Å². The molecule has 27 heavy (non-hydrogen) atoms. The Morgan fingerprint density at radius 2 is 1.78 bits per heavy atom. The summed E-state index contributed by atoms with van der Waals surface area (Å²) in [5.41, 5.74) is 0.561. The highest BCUT2D eigenvalue weighted by atomic mass is 35.5. The van der Waals surface area contributed by atoms with Gasteiger partial charge in [0.2, 0.25) is 0 Å². The van der Waals surface area contributed by atoms with Gasteiger partial charge in [0.15, 0.2) is 5.78 Å². The highest BCUT2D eigenvalue weighted by molar-refractivity contribution is 6.30. The SMILES string of the molecule is O=C(c1ccc(F)cc1)C1CCN(CC(O)COc2ccc(Cl)cc2)CC1. The van der Waals surface area contributed by atoms with E-state index in [2.05, 4.69) is 4.90 Å². The molecule has 1 N–H and O–H groups in total. The van der Waals surface area contributed by atoms with Crippen molar-refractivity contribution < 1.29 is 19.0 Å². The fraction of sp³-hybridized carbons (Fsp3) is 0.381. The Hall–Kier alpha value is -1.95. The number of benzene rings is 2. The van der Waals surface area contributed by atoms with E-state index in [-0.39, 0.29) is 24.1 Å². The molecule has 0 aliphatic carbocycles. The third-order valence-electron chi connectivity index (χ3n) is 4.81. The van der Waals surface area contributed by atoms with Gasteiger partial charge in [0.05, 0.1) is 0 Å². The van der Waals surface area contributed by atoms with E-state index >= 15 is 0 Å². The van der Waals surface area contributed by atoms with Gasteiger partial charge in [-0.3, -0.25) is 4.79 Å². The average molecular weight is 392 g/mol. The molecule has 0 spiro atoms. The number of piperidine rings is 1. The van der Waals surface area contributed by atoms with Crippen LogP contribution in [0.4, 0.5) is 4.39 Å². The number of aliphatic hydroxyl groups excluding tert-OH is 1. The zero-order valence-electron chi connectivity index (χ0n) is 15.0. The third-order valence-corrected chi connectivity index (χ3v) is 5.06. The number of hydrogen-bond acceptors (Lipinski definition) is 4. The molecule has 2 aromatic carbocycles. The minimum Gasteiger partial charge on any atom is -0.491 e. The summed E-state index contributed by atoms with van der Waals surface area (Å²) in [4.78, 5) is 14.6. The van der Waals surface area contributed by atoms with Crippen molar-refractivity contribution in [2.75, 3.05) is 26.2 Å². The molecule has 0 bridgehead atoms. The van der Waals surface area contributed by atoms with E-state index in [1.807, 2.05) is 0 Å². The van der Waals surface area contributed by atoms with Crippen LogP contribution < -0.4 is 4.74 Å². The molecule has 144 valence electrons. The molecule has 3 rings (SSSR count). The summed E-state index contributed by atoms with van der Waals surface area (Å²) in [6.07, 6.45) is 0.868. The van der Waals surface area contributed by atoms with Crippen molar-refractivity contribution >= 4 is 17.4 Å². The summed E-state index contributed by atoms with van der Waals surface area (Å²) < 4.78 is 18.6. The number of carbonyl (C=O) groups excluding carboxylic acids is 1. The molecule has 0 amide bonds. The van der Waals surface area contributed by atoms with Crippen molar-refractivity contribution in [2.24, 2.45) is 5.92 Å². The van der Waals surface area contributed by atoms with E-state index in [1.54, 1.807) is 36.4 Å². The summed E-state index contributed by atoms with van der Waals surface area (Å²) >= 11 is 5.83. The van der Waals surface area contributed by atoms with E-state index < -0.39 is 6.10 Å². The molecular formula is C21H23ClFNO3. The first-order chi connectivity index (χ1) is 13.0. The highest BCUT2D eigenvalue weighted by Crippen LogP contribution is 2.22. The Labute approximate surface area is 163 Å². The van der Waals surface area contributed by atoms with Crippen molar-refractivity contribution in [3.63, 3.8) is 0 Å². The van der Waals surface area contributed by atoms with Crippen LogP contribution >= 0.6 is 11.6 Å². The van der Waals surface area contributed by atoms with Gasteiger partial charge in [-0.1, -0.05) is 11.6 Å². The van der Waals surface area contributed by atoms with Crippen LogP contribution in [0.3, 0.4) is 0 Å². The van der Waals surface area contributed by atoms with Gasteiger partial charge in [-0.05, 0) is 74.5 Å². The third kappa shape index (κ3) is 5.76. The van der Waals surface area contributed by atoms with E-state index in [4.69, 9.17) is 16.3 Å². The van der Waals surface area contributed by atoms with Crippen molar-refractivity contribution in [1.82, 2.24) is 4.90 Å². The Morgan fingerprint density at radius 1 is 1.15 bits per heavy atom. The second kappa shape index (κ2) is 9.31. The Morgan fingerprint density at radius 3 is 2.41 bits per heavy atom. The maximum absolute atomic E-state index is 13.0. The predicted octanol–water partition coefficient (Wildman–Crippen LogP) is 3.81. The second-order valence-corrected chi connectivity index (χ2v) is 7.30. The van der Waals surface area contributed by atoms with Gasteiger partial charge in [-0.15, -0.1) is 0 Å². The van der Waals surface area contributed by atoms with Gasteiger partial charge < -0.3 is 14.7 Å². The van der Waals surface area contributed by atoms with Crippen LogP contribution in [-0.2, 0) is 0 Å². The molecule has 0 radical (unpaired) electrons. The quantitative estimate of drug-likeness (QED) is 0.729. The molecule has 1 atom stereocenters. The van der Waals surface area contributed by atoms with Crippen molar-refractivity contribution in [3.05, 3.63) is 64.9 Å². The van der Waals surface area contributed by atoms with Crippen LogP contribution in [0.2, 0.25) is 5.02 Å². The number of carbonyl (C=O) groups is 1. The van der Waals surface area contributed by atoms with Gasteiger partial charge >= 0.3 is 0 Å². The second-order valence-electron chi connectivity index (χ2n) is 6.86. The molecule has 2 aromatic rings. The number of rotatable bonds is 7. The largest absolute Gasteiger partial charge is 0.491 e. The molecule has 0 aromatic heterocycles. The van der Waals surface area contributed by atoms with Gasteiger partial charge in [0, 0.05) is 23.0 Å². The molecule has 1 unspecified atom stereocenters. The maximum Gasteiger partial charge on any atom is 0.166 e. The first kappa shape index (κ1) is 19.8. The minimum absolute atomic E-state index is 0.0471. The lowest BCUT2D eigenvalue weighted by Crippen LogP contribution is -2.42. The Kier molecular flexibility index (Phi) is 6.83. The molecule has 0 saturated carbocycles. The van der Waals surface area contributed by atoms with Crippen LogP contribution in [0.5, 0.6) is 5.75 Å². The van der Waals surface area contributed by atoms with Crippen LogP contribution in [-0.4, -0.2) is 48.1 Å². The van der Waals surface area contributed by atoms with Gasteiger partial charge in [-0.25, -0.2) is 4.39 Å². The molecule has 6 heteroatoms. The molecule has 4 nitrogen and oxygen atoms in total. The summed E-state index contributed by atoms with van der Waals surface area (Å²) in [7, 11) is 0. The molecule has 1 fully saturated rings. The smallest absolute Gasteiger partial charge is 0.166 e. The first-order valence-electron chi connectivity index (χ1n) is 9.10. The van der Waals surface area contributed by atoms with Gasteiger partial charge in [0.1, 0.15) is 24.3 Å². The summed E-state index contributed by atoms with van der Waals surface area (Å²) in [6.45, 7) is 2.20. The van der Waals surface area contributed by atoms with Crippen LogP contribution in [0, 0.1) is 11.7 Å². The number of hydrogen-bond donors (Lipinski definition) is 1. The number of aliphatic hydroxyl groups is 1. The van der Waals surface area contributed by atoms with E-state index in [0.717, 1.165) is 25.9 Å². The summed E-state index contributed by atoms with van der Waals surface area (Å²) in [5.74, 6) is 0.355. The highest BCUT2D eigenvalue weighted by Gasteiger charge is 2.26. The molecule has 1 heterocycles. The van der Waals surface area contributed by atoms with E-state index in [0.29, 0.717) is 22.9 Å². The lowest BCUT2D eigenvalue weighted by molar-refractivity contribution is 0.0524. The molecule has 1 saturated heterocycles. The number of ether oxygens (including phenoxy) is 1. The number of β-amino-alcohol motifs (C(OH)–C–C–N with tert-alkyl or cyclic N) is 1. The lowest BCUT2D eigenvalue weighted by Gasteiger charge is -2.32. The maximum atomic E-state index is 13.0. The summed E-state index contributed by atoms with van der Waals surface area (Å²) in [6, 6.07) is 12.7. The Balaban J connectivity index is 1.41. The van der Waals surface area contributed by atoms with Crippen molar-refractivity contribution in [1.29, 1.82) is 0 Å². The first-order valence-corrected chi connectivity index (χ1v) is 9.47. The number of halogens is 2. The number of nitrogens with zero attached hydrogens (tertiary/aromatic N) is 1. The average Bonchev–Trinajstić information content (AvgIpc) is 2.68. The summed E-state index contributed by atoms with van der Waals surface area (Å²) in [5, 5.41) is 10.8. The van der Waals surface area contributed by atoms with E-state index in [1.165, 1.54) is 12.1 Å². The fourth-order valence-corrected chi connectivity index (χ4v) is 3.43. The topological polar surface area (TPSA) is 49.8 Å². The van der Waals surface area contributed by atoms with Crippen LogP contribution in [0.1, 0.15) is 23.2 Å². The number of Topliss-reactive ketones (excluding diaryl/α,β-unsaturated/α-hetero) is 1. The van der Waals surface area contributed by atoms with Crippen molar-refractivity contribution in [2.45, 2.75) is 18.9 Å². The number of likely N-dealkylation sites (tertiary alicyclic amines) is 1. The molecule has 1 aliphatic rings. The minimum atomic E-state index is -0.606. The molecular weight excluding hydrogens is 369 g/mol. The monoisotopic (exact) mass is 391 g/mol.